The smallest absolute Gasteiger partial charge is 0.253 e. The fourth-order valence-corrected chi connectivity index (χ4v) is 1.52. The zero-order valence-corrected chi connectivity index (χ0v) is 10.1. The highest BCUT2D eigenvalue weighted by atomic mass is 35.5. The van der Waals surface area contributed by atoms with Crippen molar-refractivity contribution < 1.29 is 4.79 Å². The van der Waals surface area contributed by atoms with Crippen LogP contribution < -0.4 is 0 Å². The standard InChI is InChI=1S/C12H13ClN2O/c1-9-4-5-10(13)8-11(9)12(16)15(2)7-3-6-14/h4-5,8H,3,7H2,1-2H3. The first-order chi connectivity index (χ1) is 7.56. The summed E-state index contributed by atoms with van der Waals surface area (Å²) >= 11 is 5.85. The predicted octanol–water partition coefficient (Wildman–Crippen LogP) is 2.63. The van der Waals surface area contributed by atoms with Crippen molar-refractivity contribution in [2.24, 2.45) is 0 Å². The van der Waals surface area contributed by atoms with Crippen LogP contribution in [-0.4, -0.2) is 24.4 Å². The number of hydrogen-bond donors (Lipinski definition) is 0. The van der Waals surface area contributed by atoms with Gasteiger partial charge in [-0.1, -0.05) is 17.7 Å². The first-order valence-corrected chi connectivity index (χ1v) is 5.32. The highest BCUT2D eigenvalue weighted by molar-refractivity contribution is 6.31. The van der Waals surface area contributed by atoms with Crippen LogP contribution in [0.15, 0.2) is 18.2 Å². The lowest BCUT2D eigenvalue weighted by Gasteiger charge is -2.16. The lowest BCUT2D eigenvalue weighted by atomic mass is 10.1. The van der Waals surface area contributed by atoms with Gasteiger partial charge in [0.2, 0.25) is 0 Å². The second-order valence-corrected chi connectivity index (χ2v) is 4.03. The van der Waals surface area contributed by atoms with Crippen LogP contribution in [0.4, 0.5) is 0 Å². The van der Waals surface area contributed by atoms with Gasteiger partial charge in [0.1, 0.15) is 0 Å². The minimum absolute atomic E-state index is 0.102. The second-order valence-electron chi connectivity index (χ2n) is 3.59. The lowest BCUT2D eigenvalue weighted by Crippen LogP contribution is -2.28. The molecule has 0 aliphatic carbocycles. The van der Waals surface area contributed by atoms with Crippen LogP contribution in [0.2, 0.25) is 5.02 Å². The average molecular weight is 237 g/mol. The number of carbonyl (C=O) groups is 1. The molecule has 0 spiro atoms. The van der Waals surface area contributed by atoms with Gasteiger partial charge in [-0.3, -0.25) is 4.79 Å². The van der Waals surface area contributed by atoms with E-state index in [9.17, 15) is 4.79 Å². The van der Waals surface area contributed by atoms with E-state index < -0.39 is 0 Å². The minimum Gasteiger partial charge on any atom is -0.341 e. The summed E-state index contributed by atoms with van der Waals surface area (Å²) in [6.45, 7) is 2.29. The van der Waals surface area contributed by atoms with Crippen LogP contribution in [0.3, 0.4) is 0 Å². The molecule has 0 fully saturated rings. The van der Waals surface area contributed by atoms with E-state index >= 15 is 0 Å². The van der Waals surface area contributed by atoms with Crippen LogP contribution in [0.5, 0.6) is 0 Å². The van der Waals surface area contributed by atoms with Gasteiger partial charge in [-0.2, -0.15) is 5.26 Å². The van der Waals surface area contributed by atoms with Gasteiger partial charge in [0.25, 0.3) is 5.91 Å². The number of rotatable bonds is 3. The van der Waals surface area contributed by atoms with E-state index in [2.05, 4.69) is 0 Å². The van der Waals surface area contributed by atoms with E-state index in [1.165, 1.54) is 4.90 Å². The van der Waals surface area contributed by atoms with Gasteiger partial charge in [0.15, 0.2) is 0 Å². The lowest BCUT2D eigenvalue weighted by molar-refractivity contribution is 0.0797. The maximum Gasteiger partial charge on any atom is 0.253 e. The summed E-state index contributed by atoms with van der Waals surface area (Å²) in [6.07, 6.45) is 0.335. The monoisotopic (exact) mass is 236 g/mol. The zero-order chi connectivity index (χ0) is 12.1. The molecule has 3 nitrogen and oxygen atoms in total. The molecule has 0 heterocycles. The number of benzene rings is 1. The van der Waals surface area contributed by atoms with Crippen LogP contribution in [-0.2, 0) is 0 Å². The molecule has 0 bridgehead atoms. The molecule has 1 amide bonds. The normalized spacial score (nSPS) is 9.62. The van der Waals surface area contributed by atoms with Crippen LogP contribution in [0, 0.1) is 18.3 Å². The third kappa shape index (κ3) is 2.98. The zero-order valence-electron chi connectivity index (χ0n) is 9.33. The minimum atomic E-state index is -0.102. The Hall–Kier alpha value is -1.53. The molecule has 0 atom stereocenters. The number of amides is 1. The Morgan fingerprint density at radius 3 is 2.88 bits per heavy atom. The fraction of sp³-hybridized carbons (Fsp3) is 0.333. The third-order valence-electron chi connectivity index (χ3n) is 2.34. The molecule has 1 rings (SSSR count). The molecule has 84 valence electrons. The Balaban J connectivity index is 2.88. The number of halogens is 1. The molecular weight excluding hydrogens is 224 g/mol. The van der Waals surface area contributed by atoms with Crippen molar-refractivity contribution >= 4 is 17.5 Å². The largest absolute Gasteiger partial charge is 0.341 e. The average Bonchev–Trinajstić information content (AvgIpc) is 2.28. The maximum atomic E-state index is 12.0. The topological polar surface area (TPSA) is 44.1 Å². The number of nitriles is 1. The van der Waals surface area contributed by atoms with Crippen LogP contribution >= 0.6 is 11.6 Å². The Labute approximate surface area is 100 Å². The molecular formula is C12H13ClN2O. The molecule has 0 aliphatic rings. The second kappa shape index (κ2) is 5.53. The number of aryl methyl sites for hydroxylation is 1. The number of nitrogens with zero attached hydrogens (tertiary/aromatic N) is 2. The molecule has 4 heteroatoms. The molecule has 0 radical (unpaired) electrons. The van der Waals surface area contributed by atoms with E-state index in [0.29, 0.717) is 23.6 Å². The first kappa shape index (κ1) is 12.5. The summed E-state index contributed by atoms with van der Waals surface area (Å²) in [4.78, 5) is 13.5. The van der Waals surface area contributed by atoms with Gasteiger partial charge >= 0.3 is 0 Å². The third-order valence-corrected chi connectivity index (χ3v) is 2.57. The summed E-state index contributed by atoms with van der Waals surface area (Å²) in [5.41, 5.74) is 1.48. The van der Waals surface area contributed by atoms with Crippen LogP contribution in [0.25, 0.3) is 0 Å². The quantitative estimate of drug-likeness (QED) is 0.810. The Bertz CT molecular complexity index is 437. The molecule has 0 unspecified atom stereocenters. The highest BCUT2D eigenvalue weighted by Gasteiger charge is 2.13. The molecule has 0 saturated heterocycles. The van der Waals surface area contributed by atoms with E-state index in [4.69, 9.17) is 16.9 Å². The summed E-state index contributed by atoms with van der Waals surface area (Å²) in [6, 6.07) is 7.23. The number of carbonyl (C=O) groups excluding carboxylic acids is 1. The van der Waals surface area contributed by atoms with Crippen molar-refractivity contribution in [3.8, 4) is 6.07 Å². The summed E-state index contributed by atoms with van der Waals surface area (Å²) in [5.74, 6) is -0.102. The molecule has 0 saturated carbocycles. The van der Waals surface area contributed by atoms with Gasteiger partial charge in [0.05, 0.1) is 12.5 Å². The molecule has 1 aromatic rings. The van der Waals surface area contributed by atoms with Crippen molar-refractivity contribution in [2.75, 3.05) is 13.6 Å². The number of hydrogen-bond acceptors (Lipinski definition) is 2. The predicted molar refractivity (Wildman–Crippen MR) is 63.4 cm³/mol. The Morgan fingerprint density at radius 1 is 1.56 bits per heavy atom. The molecule has 1 aromatic carbocycles. The SMILES string of the molecule is Cc1ccc(Cl)cc1C(=O)N(C)CCC#N. The van der Waals surface area contributed by atoms with Gasteiger partial charge in [-0.15, -0.1) is 0 Å². The Morgan fingerprint density at radius 2 is 2.25 bits per heavy atom. The molecule has 16 heavy (non-hydrogen) atoms. The van der Waals surface area contributed by atoms with E-state index in [0.717, 1.165) is 5.56 Å². The highest BCUT2D eigenvalue weighted by Crippen LogP contribution is 2.16. The van der Waals surface area contributed by atoms with Crippen molar-refractivity contribution in [3.63, 3.8) is 0 Å². The van der Waals surface area contributed by atoms with Crippen molar-refractivity contribution in [1.82, 2.24) is 4.90 Å². The van der Waals surface area contributed by atoms with Gasteiger partial charge in [-0.05, 0) is 24.6 Å². The molecule has 0 aromatic heterocycles. The summed E-state index contributed by atoms with van der Waals surface area (Å²) in [7, 11) is 1.68. The summed E-state index contributed by atoms with van der Waals surface area (Å²) < 4.78 is 0. The molecule has 0 N–H and O–H groups in total. The molecule has 0 aliphatic heterocycles. The van der Waals surface area contributed by atoms with Gasteiger partial charge in [-0.25, -0.2) is 0 Å². The van der Waals surface area contributed by atoms with Crippen molar-refractivity contribution in [1.29, 1.82) is 5.26 Å². The van der Waals surface area contributed by atoms with Crippen molar-refractivity contribution in [2.45, 2.75) is 13.3 Å². The van der Waals surface area contributed by atoms with E-state index in [1.807, 2.05) is 19.1 Å². The first-order valence-electron chi connectivity index (χ1n) is 4.95. The Kier molecular flexibility index (Phi) is 4.33. The van der Waals surface area contributed by atoms with Crippen molar-refractivity contribution in [3.05, 3.63) is 34.3 Å². The van der Waals surface area contributed by atoms with Crippen LogP contribution in [0.1, 0.15) is 22.3 Å². The maximum absolute atomic E-state index is 12.0. The van der Waals surface area contributed by atoms with Gasteiger partial charge in [0, 0.05) is 24.2 Å². The fourth-order valence-electron chi connectivity index (χ4n) is 1.35. The van der Waals surface area contributed by atoms with Gasteiger partial charge < -0.3 is 4.90 Å². The summed E-state index contributed by atoms with van der Waals surface area (Å²) in [5, 5.41) is 9.00. The van der Waals surface area contributed by atoms with E-state index in [-0.39, 0.29) is 5.91 Å². The van der Waals surface area contributed by atoms with E-state index in [1.54, 1.807) is 19.2 Å².